The van der Waals surface area contributed by atoms with Gasteiger partial charge in [0, 0.05) is 5.92 Å². The zero-order valence-corrected chi connectivity index (χ0v) is 12.3. The SMILES string of the molecule is COc1ccc(C(Cl)C2COC(C)C2)cc1Br. The summed E-state index contributed by atoms with van der Waals surface area (Å²) in [6.07, 6.45) is 1.35. The lowest BCUT2D eigenvalue weighted by Gasteiger charge is -2.17. The monoisotopic (exact) mass is 318 g/mol. The first-order valence-corrected chi connectivity index (χ1v) is 6.94. The molecule has 1 aromatic rings. The van der Waals surface area contributed by atoms with Crippen LogP contribution in [0.2, 0.25) is 0 Å². The number of ether oxygens (including phenoxy) is 2. The van der Waals surface area contributed by atoms with Crippen molar-refractivity contribution in [3.63, 3.8) is 0 Å². The van der Waals surface area contributed by atoms with Crippen LogP contribution in [0.1, 0.15) is 24.3 Å². The molecular formula is C13H16BrClO2. The van der Waals surface area contributed by atoms with Gasteiger partial charge in [-0.05, 0) is 47.0 Å². The number of hydrogen-bond acceptors (Lipinski definition) is 2. The third kappa shape index (κ3) is 2.95. The third-order valence-electron chi connectivity index (χ3n) is 3.14. The van der Waals surface area contributed by atoms with Crippen LogP contribution in [0.25, 0.3) is 0 Å². The minimum absolute atomic E-state index is 0.00200. The number of alkyl halides is 1. The molecule has 0 radical (unpaired) electrons. The molecule has 0 amide bonds. The lowest BCUT2D eigenvalue weighted by Crippen LogP contribution is -2.08. The molecule has 3 atom stereocenters. The lowest BCUT2D eigenvalue weighted by atomic mass is 9.96. The van der Waals surface area contributed by atoms with E-state index in [0.717, 1.165) is 28.8 Å². The first-order chi connectivity index (χ1) is 8.11. The summed E-state index contributed by atoms with van der Waals surface area (Å²) < 4.78 is 11.7. The molecule has 0 aromatic heterocycles. The van der Waals surface area contributed by atoms with Crippen molar-refractivity contribution in [2.24, 2.45) is 5.92 Å². The van der Waals surface area contributed by atoms with Gasteiger partial charge < -0.3 is 9.47 Å². The maximum absolute atomic E-state index is 6.50. The van der Waals surface area contributed by atoms with Crippen LogP contribution in [-0.4, -0.2) is 19.8 Å². The second kappa shape index (κ2) is 5.59. The molecule has 1 aliphatic heterocycles. The van der Waals surface area contributed by atoms with E-state index in [1.807, 2.05) is 18.2 Å². The molecule has 2 rings (SSSR count). The molecule has 0 bridgehead atoms. The van der Waals surface area contributed by atoms with Crippen LogP contribution in [0, 0.1) is 5.92 Å². The average molecular weight is 320 g/mol. The summed E-state index contributed by atoms with van der Waals surface area (Å²) in [5.41, 5.74) is 1.11. The summed E-state index contributed by atoms with van der Waals surface area (Å²) in [7, 11) is 1.66. The second-order valence-electron chi connectivity index (χ2n) is 4.44. The lowest BCUT2D eigenvalue weighted by molar-refractivity contribution is 0.120. The summed E-state index contributed by atoms with van der Waals surface area (Å²) in [6.45, 7) is 2.84. The highest BCUT2D eigenvalue weighted by Crippen LogP contribution is 2.38. The molecule has 0 aliphatic carbocycles. The van der Waals surface area contributed by atoms with Crippen molar-refractivity contribution in [3.05, 3.63) is 28.2 Å². The molecule has 1 saturated heterocycles. The van der Waals surface area contributed by atoms with Gasteiger partial charge in [-0.2, -0.15) is 0 Å². The van der Waals surface area contributed by atoms with Crippen LogP contribution in [0.4, 0.5) is 0 Å². The van der Waals surface area contributed by atoms with Crippen LogP contribution < -0.4 is 4.74 Å². The molecule has 0 N–H and O–H groups in total. The molecule has 1 aromatic carbocycles. The quantitative estimate of drug-likeness (QED) is 0.779. The summed E-state index contributed by atoms with van der Waals surface area (Å²) in [6, 6.07) is 5.98. The van der Waals surface area contributed by atoms with Gasteiger partial charge >= 0.3 is 0 Å². The molecule has 3 unspecified atom stereocenters. The Labute approximate surface area is 115 Å². The van der Waals surface area contributed by atoms with Gasteiger partial charge in [0.2, 0.25) is 0 Å². The number of benzene rings is 1. The molecule has 0 spiro atoms. The summed E-state index contributed by atoms with van der Waals surface area (Å²) in [5.74, 6) is 1.22. The highest BCUT2D eigenvalue weighted by molar-refractivity contribution is 9.10. The second-order valence-corrected chi connectivity index (χ2v) is 5.76. The molecule has 94 valence electrons. The Morgan fingerprint density at radius 3 is 2.82 bits per heavy atom. The Morgan fingerprint density at radius 1 is 1.53 bits per heavy atom. The zero-order chi connectivity index (χ0) is 12.4. The smallest absolute Gasteiger partial charge is 0.133 e. The number of halogens is 2. The Hall–Kier alpha value is -0.250. The van der Waals surface area contributed by atoms with Gasteiger partial charge in [0.25, 0.3) is 0 Å². The van der Waals surface area contributed by atoms with E-state index in [9.17, 15) is 0 Å². The van der Waals surface area contributed by atoms with Crippen LogP contribution in [0.5, 0.6) is 5.75 Å². The average Bonchev–Trinajstić information content (AvgIpc) is 2.75. The van der Waals surface area contributed by atoms with E-state index in [1.165, 1.54) is 0 Å². The van der Waals surface area contributed by atoms with Gasteiger partial charge in [-0.1, -0.05) is 6.07 Å². The molecule has 17 heavy (non-hydrogen) atoms. The molecule has 1 heterocycles. The van der Waals surface area contributed by atoms with Crippen molar-refractivity contribution in [2.45, 2.75) is 24.8 Å². The van der Waals surface area contributed by atoms with Crippen molar-refractivity contribution in [1.29, 1.82) is 0 Å². The van der Waals surface area contributed by atoms with Crippen molar-refractivity contribution in [2.75, 3.05) is 13.7 Å². The van der Waals surface area contributed by atoms with Gasteiger partial charge in [-0.15, -0.1) is 11.6 Å². The predicted molar refractivity (Wildman–Crippen MR) is 72.8 cm³/mol. The Bertz CT molecular complexity index is 397. The van der Waals surface area contributed by atoms with Gasteiger partial charge in [0.05, 0.1) is 29.7 Å². The first kappa shape index (κ1) is 13.2. The highest BCUT2D eigenvalue weighted by atomic mass is 79.9. The van der Waals surface area contributed by atoms with Gasteiger partial charge in [-0.3, -0.25) is 0 Å². The number of methoxy groups -OCH3 is 1. The minimum Gasteiger partial charge on any atom is -0.496 e. The third-order valence-corrected chi connectivity index (χ3v) is 4.37. The van der Waals surface area contributed by atoms with E-state index in [1.54, 1.807) is 7.11 Å². The van der Waals surface area contributed by atoms with Crippen LogP contribution in [0.3, 0.4) is 0 Å². The largest absolute Gasteiger partial charge is 0.496 e. The van der Waals surface area contributed by atoms with Crippen molar-refractivity contribution >= 4 is 27.5 Å². The zero-order valence-electron chi connectivity index (χ0n) is 9.95. The van der Waals surface area contributed by atoms with Crippen LogP contribution in [-0.2, 0) is 4.74 Å². The molecule has 0 saturated carbocycles. The minimum atomic E-state index is 0.00200. The fourth-order valence-electron chi connectivity index (χ4n) is 2.18. The van der Waals surface area contributed by atoms with Crippen molar-refractivity contribution < 1.29 is 9.47 Å². The number of rotatable bonds is 3. The van der Waals surface area contributed by atoms with E-state index >= 15 is 0 Å². The van der Waals surface area contributed by atoms with Gasteiger partial charge in [-0.25, -0.2) is 0 Å². The molecular weight excluding hydrogens is 303 g/mol. The van der Waals surface area contributed by atoms with Crippen LogP contribution >= 0.6 is 27.5 Å². The number of hydrogen-bond donors (Lipinski definition) is 0. The normalized spacial score (nSPS) is 25.9. The molecule has 1 fully saturated rings. The summed E-state index contributed by atoms with van der Waals surface area (Å²) >= 11 is 9.98. The van der Waals surface area contributed by atoms with E-state index in [0.29, 0.717) is 12.0 Å². The Balaban J connectivity index is 2.14. The summed E-state index contributed by atoms with van der Waals surface area (Å²) in [4.78, 5) is 0. The topological polar surface area (TPSA) is 18.5 Å². The summed E-state index contributed by atoms with van der Waals surface area (Å²) in [5, 5.41) is 0.00200. The molecule has 1 aliphatic rings. The Kier molecular flexibility index (Phi) is 4.34. The van der Waals surface area contributed by atoms with E-state index in [2.05, 4.69) is 22.9 Å². The van der Waals surface area contributed by atoms with E-state index in [4.69, 9.17) is 21.1 Å². The highest BCUT2D eigenvalue weighted by Gasteiger charge is 2.29. The fourth-order valence-corrected chi connectivity index (χ4v) is 3.05. The van der Waals surface area contributed by atoms with Crippen LogP contribution in [0.15, 0.2) is 22.7 Å². The first-order valence-electron chi connectivity index (χ1n) is 5.71. The molecule has 4 heteroatoms. The van der Waals surface area contributed by atoms with Crippen molar-refractivity contribution in [1.82, 2.24) is 0 Å². The van der Waals surface area contributed by atoms with Crippen molar-refractivity contribution in [3.8, 4) is 5.75 Å². The fraction of sp³-hybridized carbons (Fsp3) is 0.538. The molecule has 2 nitrogen and oxygen atoms in total. The Morgan fingerprint density at radius 2 is 2.29 bits per heavy atom. The van der Waals surface area contributed by atoms with E-state index < -0.39 is 0 Å². The maximum Gasteiger partial charge on any atom is 0.133 e. The predicted octanol–water partition coefficient (Wildman–Crippen LogP) is 4.16. The van der Waals surface area contributed by atoms with Gasteiger partial charge in [0.1, 0.15) is 5.75 Å². The standard InChI is InChI=1S/C13H16BrClO2/c1-8-5-10(7-17-8)13(15)9-3-4-12(16-2)11(14)6-9/h3-4,6,8,10,13H,5,7H2,1-2H3. The van der Waals surface area contributed by atoms with E-state index in [-0.39, 0.29) is 5.38 Å². The van der Waals surface area contributed by atoms with Gasteiger partial charge in [0.15, 0.2) is 0 Å². The maximum atomic E-state index is 6.50.